The molecule has 1 saturated heterocycles. The molecular formula is C16H23N7. The number of likely N-dealkylation sites (N-methyl/N-ethyl adjacent to an activating group) is 1. The second kappa shape index (κ2) is 6.87. The first-order valence-electron chi connectivity index (χ1n) is 7.84. The van der Waals surface area contributed by atoms with E-state index in [4.69, 9.17) is 0 Å². The summed E-state index contributed by atoms with van der Waals surface area (Å²) in [5.74, 6) is 1.71. The third-order valence-corrected chi connectivity index (χ3v) is 4.20. The van der Waals surface area contributed by atoms with Crippen LogP contribution in [0.2, 0.25) is 0 Å². The van der Waals surface area contributed by atoms with Gasteiger partial charge in [0.15, 0.2) is 0 Å². The van der Waals surface area contributed by atoms with Crippen LogP contribution in [0.3, 0.4) is 0 Å². The molecule has 1 aliphatic heterocycles. The standard InChI is InChI=1S/C16H23N7/c1-21(2)15-4-6-19-16(20-15)22(3)14-5-9-23(12-14)11-13-10-17-7-8-18-13/h4,6-8,10,14H,5,9,11-12H2,1-3H3. The zero-order valence-electron chi connectivity index (χ0n) is 13.9. The van der Waals surface area contributed by atoms with Gasteiger partial charge in [-0.2, -0.15) is 4.98 Å². The van der Waals surface area contributed by atoms with Gasteiger partial charge >= 0.3 is 0 Å². The van der Waals surface area contributed by atoms with Gasteiger partial charge in [0, 0.05) is 71.6 Å². The van der Waals surface area contributed by atoms with Crippen molar-refractivity contribution in [2.45, 2.75) is 19.0 Å². The number of hydrogen-bond acceptors (Lipinski definition) is 7. The Kier molecular flexibility index (Phi) is 4.66. The van der Waals surface area contributed by atoms with Crippen molar-refractivity contribution in [3.05, 3.63) is 36.5 Å². The Morgan fingerprint density at radius 3 is 2.78 bits per heavy atom. The van der Waals surface area contributed by atoms with Gasteiger partial charge in [-0.25, -0.2) is 4.98 Å². The van der Waals surface area contributed by atoms with Crippen molar-refractivity contribution in [1.29, 1.82) is 0 Å². The molecule has 3 rings (SSSR count). The van der Waals surface area contributed by atoms with E-state index in [0.717, 1.165) is 43.5 Å². The van der Waals surface area contributed by atoms with Crippen LogP contribution in [0.25, 0.3) is 0 Å². The number of aromatic nitrogens is 4. The number of rotatable bonds is 5. The Balaban J connectivity index is 1.63. The van der Waals surface area contributed by atoms with Gasteiger partial charge in [0.05, 0.1) is 5.69 Å². The normalized spacial score (nSPS) is 18.1. The molecule has 0 amide bonds. The summed E-state index contributed by atoms with van der Waals surface area (Å²) >= 11 is 0. The highest BCUT2D eigenvalue weighted by atomic mass is 15.3. The Bertz CT molecular complexity index is 631. The molecule has 2 aromatic heterocycles. The van der Waals surface area contributed by atoms with Crippen molar-refractivity contribution in [1.82, 2.24) is 24.8 Å². The van der Waals surface area contributed by atoms with Crippen molar-refractivity contribution in [3.63, 3.8) is 0 Å². The van der Waals surface area contributed by atoms with Crippen molar-refractivity contribution < 1.29 is 0 Å². The zero-order valence-corrected chi connectivity index (χ0v) is 13.9. The molecule has 7 nitrogen and oxygen atoms in total. The third kappa shape index (κ3) is 3.73. The first kappa shape index (κ1) is 15.6. The smallest absolute Gasteiger partial charge is 0.227 e. The molecule has 7 heteroatoms. The molecule has 3 heterocycles. The van der Waals surface area contributed by atoms with E-state index in [9.17, 15) is 0 Å². The summed E-state index contributed by atoms with van der Waals surface area (Å²) in [7, 11) is 6.06. The minimum atomic E-state index is 0.420. The number of hydrogen-bond donors (Lipinski definition) is 0. The highest BCUT2D eigenvalue weighted by molar-refractivity contribution is 5.42. The lowest BCUT2D eigenvalue weighted by Gasteiger charge is -2.25. The maximum atomic E-state index is 4.63. The Morgan fingerprint density at radius 1 is 1.17 bits per heavy atom. The summed E-state index contributed by atoms with van der Waals surface area (Å²) in [5, 5.41) is 0. The molecule has 1 aliphatic rings. The van der Waals surface area contributed by atoms with Gasteiger partial charge < -0.3 is 9.80 Å². The fourth-order valence-corrected chi connectivity index (χ4v) is 2.83. The molecule has 1 fully saturated rings. The van der Waals surface area contributed by atoms with Crippen molar-refractivity contribution in [2.24, 2.45) is 0 Å². The van der Waals surface area contributed by atoms with E-state index < -0.39 is 0 Å². The summed E-state index contributed by atoms with van der Waals surface area (Å²) in [6, 6.07) is 2.34. The second-order valence-corrected chi connectivity index (χ2v) is 6.09. The summed E-state index contributed by atoms with van der Waals surface area (Å²) in [4.78, 5) is 24.1. The van der Waals surface area contributed by atoms with E-state index >= 15 is 0 Å². The van der Waals surface area contributed by atoms with E-state index in [1.54, 1.807) is 12.4 Å². The summed E-state index contributed by atoms with van der Waals surface area (Å²) in [6.07, 6.45) is 8.21. The monoisotopic (exact) mass is 313 g/mol. The fraction of sp³-hybridized carbons (Fsp3) is 0.500. The van der Waals surface area contributed by atoms with Gasteiger partial charge in [-0.3, -0.25) is 14.9 Å². The second-order valence-electron chi connectivity index (χ2n) is 6.09. The molecule has 122 valence electrons. The van der Waals surface area contributed by atoms with Gasteiger partial charge in [-0.15, -0.1) is 0 Å². The first-order valence-corrected chi connectivity index (χ1v) is 7.84. The molecule has 0 N–H and O–H groups in total. The molecule has 23 heavy (non-hydrogen) atoms. The molecule has 2 aromatic rings. The lowest BCUT2D eigenvalue weighted by atomic mass is 10.2. The van der Waals surface area contributed by atoms with Crippen LogP contribution in [0.15, 0.2) is 30.9 Å². The number of nitrogens with zero attached hydrogens (tertiary/aromatic N) is 7. The van der Waals surface area contributed by atoms with Crippen LogP contribution in [0.5, 0.6) is 0 Å². The first-order chi connectivity index (χ1) is 11.1. The van der Waals surface area contributed by atoms with Crippen LogP contribution in [0, 0.1) is 0 Å². The minimum Gasteiger partial charge on any atom is -0.363 e. The van der Waals surface area contributed by atoms with Crippen LogP contribution in [-0.2, 0) is 6.54 Å². The lowest BCUT2D eigenvalue weighted by molar-refractivity contribution is 0.321. The maximum Gasteiger partial charge on any atom is 0.227 e. The van der Waals surface area contributed by atoms with Crippen LogP contribution >= 0.6 is 0 Å². The average Bonchev–Trinajstić information content (AvgIpc) is 3.03. The topological polar surface area (TPSA) is 61.3 Å². The summed E-state index contributed by atoms with van der Waals surface area (Å²) < 4.78 is 0. The van der Waals surface area contributed by atoms with Gasteiger partial charge in [-0.1, -0.05) is 0 Å². The molecule has 1 atom stereocenters. The Hall–Kier alpha value is -2.28. The van der Waals surface area contributed by atoms with E-state index in [2.05, 4.69) is 36.8 Å². The molecule has 0 radical (unpaired) electrons. The van der Waals surface area contributed by atoms with Gasteiger partial charge in [-0.05, 0) is 12.5 Å². The van der Waals surface area contributed by atoms with E-state index in [-0.39, 0.29) is 0 Å². The highest BCUT2D eigenvalue weighted by Crippen LogP contribution is 2.21. The minimum absolute atomic E-state index is 0.420. The molecule has 0 aromatic carbocycles. The molecule has 0 saturated carbocycles. The highest BCUT2D eigenvalue weighted by Gasteiger charge is 2.27. The third-order valence-electron chi connectivity index (χ3n) is 4.20. The molecule has 0 bridgehead atoms. The van der Waals surface area contributed by atoms with E-state index in [1.807, 2.05) is 37.5 Å². The summed E-state index contributed by atoms with van der Waals surface area (Å²) in [6.45, 7) is 2.89. The number of anilines is 2. The van der Waals surface area contributed by atoms with E-state index in [0.29, 0.717) is 6.04 Å². The number of likely N-dealkylation sites (tertiary alicyclic amines) is 1. The van der Waals surface area contributed by atoms with Crippen molar-refractivity contribution >= 4 is 11.8 Å². The van der Waals surface area contributed by atoms with Crippen LogP contribution in [0.1, 0.15) is 12.1 Å². The predicted molar refractivity (Wildman–Crippen MR) is 90.5 cm³/mol. The quantitative estimate of drug-likeness (QED) is 0.817. The fourth-order valence-electron chi connectivity index (χ4n) is 2.83. The Labute approximate surface area is 137 Å². The predicted octanol–water partition coefficient (Wildman–Crippen LogP) is 1.04. The molecular weight excluding hydrogens is 290 g/mol. The van der Waals surface area contributed by atoms with E-state index in [1.165, 1.54) is 0 Å². The molecule has 1 unspecified atom stereocenters. The SMILES string of the molecule is CN(C)c1ccnc(N(C)C2CCN(Cc3cnccn3)C2)n1. The lowest BCUT2D eigenvalue weighted by Crippen LogP contribution is -2.35. The zero-order chi connectivity index (χ0) is 16.2. The van der Waals surface area contributed by atoms with Crippen LogP contribution in [-0.4, -0.2) is 65.1 Å². The van der Waals surface area contributed by atoms with Gasteiger partial charge in [0.1, 0.15) is 5.82 Å². The molecule has 0 aliphatic carbocycles. The molecule has 0 spiro atoms. The average molecular weight is 313 g/mol. The Morgan fingerprint density at radius 2 is 2.04 bits per heavy atom. The van der Waals surface area contributed by atoms with Crippen LogP contribution in [0.4, 0.5) is 11.8 Å². The van der Waals surface area contributed by atoms with Gasteiger partial charge in [0.25, 0.3) is 0 Å². The van der Waals surface area contributed by atoms with Crippen LogP contribution < -0.4 is 9.80 Å². The summed E-state index contributed by atoms with van der Waals surface area (Å²) in [5.41, 5.74) is 1.02. The largest absolute Gasteiger partial charge is 0.363 e. The van der Waals surface area contributed by atoms with Crippen molar-refractivity contribution in [2.75, 3.05) is 44.0 Å². The maximum absolute atomic E-state index is 4.63. The van der Waals surface area contributed by atoms with Gasteiger partial charge in [0.2, 0.25) is 5.95 Å². The van der Waals surface area contributed by atoms with Crippen molar-refractivity contribution in [3.8, 4) is 0 Å².